The van der Waals surface area contributed by atoms with Gasteiger partial charge in [0.25, 0.3) is 0 Å². The van der Waals surface area contributed by atoms with Gasteiger partial charge in [-0.1, -0.05) is 30.3 Å². The maximum Gasteiger partial charge on any atom is 0.231 e. The molecule has 0 bridgehead atoms. The second kappa shape index (κ2) is 7.38. The summed E-state index contributed by atoms with van der Waals surface area (Å²) in [5.41, 5.74) is 2.87. The summed E-state index contributed by atoms with van der Waals surface area (Å²) in [6.45, 7) is 2.33. The third kappa shape index (κ3) is 3.45. The molecule has 2 aliphatic rings. The van der Waals surface area contributed by atoms with Crippen LogP contribution in [0.1, 0.15) is 19.3 Å². The molecule has 0 amide bonds. The number of benzene rings is 2. The number of ether oxygens (including phenoxy) is 2. The van der Waals surface area contributed by atoms with Gasteiger partial charge in [0.05, 0.1) is 5.69 Å². The van der Waals surface area contributed by atoms with Crippen LogP contribution in [-0.4, -0.2) is 29.9 Å². The zero-order valence-electron chi connectivity index (χ0n) is 15.6. The Morgan fingerprint density at radius 3 is 2.50 bits per heavy atom. The van der Waals surface area contributed by atoms with Crippen LogP contribution in [-0.2, 0) is 0 Å². The van der Waals surface area contributed by atoms with Crippen molar-refractivity contribution in [2.75, 3.05) is 30.1 Å². The normalized spacial score (nSPS) is 15.5. The van der Waals surface area contributed by atoms with E-state index in [0.29, 0.717) is 5.95 Å². The monoisotopic (exact) mass is 374 g/mol. The highest BCUT2D eigenvalue weighted by atomic mass is 16.7. The fourth-order valence-corrected chi connectivity index (χ4v) is 3.64. The van der Waals surface area contributed by atoms with E-state index >= 15 is 0 Å². The lowest BCUT2D eigenvalue weighted by molar-refractivity contribution is 0.174. The molecule has 0 aliphatic carbocycles. The summed E-state index contributed by atoms with van der Waals surface area (Å²) in [5.74, 6) is 3.05. The standard InChI is InChI=1S/C22H22N4O2/c1-3-7-16(8-4-1)18-14-21(26-11-5-2-6-12-26)25-22(24-18)23-17-9-10-19-20(13-17)28-15-27-19/h1,3-4,7-10,13-14H,2,5-6,11-12,15H2,(H,23,24,25). The summed E-state index contributed by atoms with van der Waals surface area (Å²) in [6, 6.07) is 18.1. The lowest BCUT2D eigenvalue weighted by atomic mass is 10.1. The molecule has 1 N–H and O–H groups in total. The van der Waals surface area contributed by atoms with Gasteiger partial charge in [0.2, 0.25) is 12.7 Å². The molecule has 28 heavy (non-hydrogen) atoms. The number of fused-ring (bicyclic) bond motifs is 1. The number of piperidine rings is 1. The van der Waals surface area contributed by atoms with Crippen LogP contribution in [0.4, 0.5) is 17.5 Å². The quantitative estimate of drug-likeness (QED) is 0.720. The van der Waals surface area contributed by atoms with Gasteiger partial charge in [-0.05, 0) is 31.4 Å². The van der Waals surface area contributed by atoms with E-state index in [2.05, 4.69) is 28.4 Å². The van der Waals surface area contributed by atoms with E-state index in [1.807, 2.05) is 36.4 Å². The van der Waals surface area contributed by atoms with E-state index < -0.39 is 0 Å². The van der Waals surface area contributed by atoms with Crippen molar-refractivity contribution >= 4 is 17.5 Å². The minimum Gasteiger partial charge on any atom is -0.454 e. The first-order valence-corrected chi connectivity index (χ1v) is 9.71. The van der Waals surface area contributed by atoms with Crippen LogP contribution in [0.2, 0.25) is 0 Å². The average molecular weight is 374 g/mol. The van der Waals surface area contributed by atoms with Crippen LogP contribution >= 0.6 is 0 Å². The van der Waals surface area contributed by atoms with Gasteiger partial charge in [-0.2, -0.15) is 4.98 Å². The number of rotatable bonds is 4. The maximum absolute atomic E-state index is 5.48. The minimum absolute atomic E-state index is 0.262. The Bertz CT molecular complexity index is 972. The van der Waals surface area contributed by atoms with Crippen molar-refractivity contribution in [1.29, 1.82) is 0 Å². The van der Waals surface area contributed by atoms with Gasteiger partial charge in [0.15, 0.2) is 11.5 Å². The smallest absolute Gasteiger partial charge is 0.231 e. The van der Waals surface area contributed by atoms with Gasteiger partial charge >= 0.3 is 0 Å². The van der Waals surface area contributed by atoms with E-state index in [4.69, 9.17) is 19.4 Å². The Hall–Kier alpha value is -3.28. The highest BCUT2D eigenvalue weighted by Crippen LogP contribution is 2.35. The van der Waals surface area contributed by atoms with E-state index in [-0.39, 0.29) is 6.79 Å². The molecule has 1 saturated heterocycles. The van der Waals surface area contributed by atoms with Gasteiger partial charge in [-0.3, -0.25) is 0 Å². The second-order valence-corrected chi connectivity index (χ2v) is 7.04. The minimum atomic E-state index is 0.262. The molecule has 0 spiro atoms. The summed E-state index contributed by atoms with van der Waals surface area (Å²) < 4.78 is 10.9. The van der Waals surface area contributed by atoms with Crippen LogP contribution in [0, 0.1) is 0 Å². The molecule has 2 aliphatic heterocycles. The first-order valence-electron chi connectivity index (χ1n) is 9.71. The fourth-order valence-electron chi connectivity index (χ4n) is 3.64. The largest absolute Gasteiger partial charge is 0.454 e. The summed E-state index contributed by atoms with van der Waals surface area (Å²) in [4.78, 5) is 11.9. The summed E-state index contributed by atoms with van der Waals surface area (Å²) in [5, 5.41) is 3.34. The zero-order chi connectivity index (χ0) is 18.8. The molecular weight excluding hydrogens is 352 g/mol. The Morgan fingerprint density at radius 2 is 1.64 bits per heavy atom. The number of anilines is 3. The average Bonchev–Trinajstić information content (AvgIpc) is 3.23. The van der Waals surface area contributed by atoms with Crippen LogP contribution in [0.25, 0.3) is 11.3 Å². The molecule has 2 aromatic carbocycles. The van der Waals surface area contributed by atoms with Crippen molar-refractivity contribution in [1.82, 2.24) is 9.97 Å². The predicted octanol–water partition coefficient (Wildman–Crippen LogP) is 4.61. The molecule has 142 valence electrons. The van der Waals surface area contributed by atoms with Crippen molar-refractivity contribution in [3.05, 3.63) is 54.6 Å². The molecule has 6 heteroatoms. The molecular formula is C22H22N4O2. The van der Waals surface area contributed by atoms with Crippen molar-refractivity contribution < 1.29 is 9.47 Å². The lowest BCUT2D eigenvalue weighted by Crippen LogP contribution is -2.30. The summed E-state index contributed by atoms with van der Waals surface area (Å²) in [6.07, 6.45) is 3.70. The molecule has 6 nitrogen and oxygen atoms in total. The van der Waals surface area contributed by atoms with E-state index in [9.17, 15) is 0 Å². The maximum atomic E-state index is 5.48. The molecule has 0 unspecified atom stereocenters. The van der Waals surface area contributed by atoms with Crippen molar-refractivity contribution in [3.8, 4) is 22.8 Å². The Morgan fingerprint density at radius 1 is 0.821 bits per heavy atom. The predicted molar refractivity (Wildman–Crippen MR) is 109 cm³/mol. The molecule has 5 rings (SSSR count). The van der Waals surface area contributed by atoms with E-state index in [1.54, 1.807) is 0 Å². The van der Waals surface area contributed by atoms with Gasteiger partial charge in [0, 0.05) is 36.5 Å². The zero-order valence-corrected chi connectivity index (χ0v) is 15.6. The molecule has 0 saturated carbocycles. The van der Waals surface area contributed by atoms with E-state index in [1.165, 1.54) is 19.3 Å². The second-order valence-electron chi connectivity index (χ2n) is 7.04. The van der Waals surface area contributed by atoms with E-state index in [0.717, 1.165) is 47.4 Å². The third-order valence-electron chi connectivity index (χ3n) is 5.09. The summed E-state index contributed by atoms with van der Waals surface area (Å²) in [7, 11) is 0. The Labute approximate surface area is 164 Å². The number of aromatic nitrogens is 2. The number of hydrogen-bond acceptors (Lipinski definition) is 6. The number of nitrogens with one attached hydrogen (secondary N) is 1. The molecule has 0 radical (unpaired) electrons. The van der Waals surface area contributed by atoms with Crippen molar-refractivity contribution in [2.45, 2.75) is 19.3 Å². The fraction of sp³-hybridized carbons (Fsp3) is 0.273. The molecule has 1 aromatic heterocycles. The Balaban J connectivity index is 1.50. The van der Waals surface area contributed by atoms with Crippen LogP contribution in [0.5, 0.6) is 11.5 Å². The topological polar surface area (TPSA) is 59.5 Å². The molecule has 3 heterocycles. The third-order valence-corrected chi connectivity index (χ3v) is 5.09. The van der Waals surface area contributed by atoms with Gasteiger partial charge in [0.1, 0.15) is 5.82 Å². The van der Waals surface area contributed by atoms with Crippen LogP contribution in [0.3, 0.4) is 0 Å². The highest BCUT2D eigenvalue weighted by Gasteiger charge is 2.17. The molecule has 3 aromatic rings. The lowest BCUT2D eigenvalue weighted by Gasteiger charge is -2.28. The Kier molecular flexibility index (Phi) is 4.45. The van der Waals surface area contributed by atoms with Crippen molar-refractivity contribution in [2.24, 2.45) is 0 Å². The molecule has 0 atom stereocenters. The van der Waals surface area contributed by atoms with Crippen LogP contribution < -0.4 is 19.7 Å². The van der Waals surface area contributed by atoms with Crippen LogP contribution in [0.15, 0.2) is 54.6 Å². The first-order chi connectivity index (χ1) is 13.8. The van der Waals surface area contributed by atoms with Gasteiger partial charge in [-0.25, -0.2) is 4.98 Å². The van der Waals surface area contributed by atoms with Gasteiger partial charge in [-0.15, -0.1) is 0 Å². The highest BCUT2D eigenvalue weighted by molar-refractivity contribution is 5.67. The number of hydrogen-bond donors (Lipinski definition) is 1. The number of nitrogens with zero attached hydrogens (tertiary/aromatic N) is 3. The van der Waals surface area contributed by atoms with Gasteiger partial charge < -0.3 is 19.7 Å². The SMILES string of the molecule is c1ccc(-c2cc(N3CCCCC3)nc(Nc3ccc4c(c3)OCO4)n2)cc1. The first kappa shape index (κ1) is 16.9. The molecule has 1 fully saturated rings. The summed E-state index contributed by atoms with van der Waals surface area (Å²) >= 11 is 0. The van der Waals surface area contributed by atoms with Crippen molar-refractivity contribution in [3.63, 3.8) is 0 Å².